The van der Waals surface area contributed by atoms with Crippen LogP contribution >= 0.6 is 0 Å². The van der Waals surface area contributed by atoms with Crippen LogP contribution < -0.4 is 11.1 Å². The van der Waals surface area contributed by atoms with Crippen LogP contribution in [0.2, 0.25) is 0 Å². The average Bonchev–Trinajstić information content (AvgIpc) is 2.74. The zero-order chi connectivity index (χ0) is 14.2. The van der Waals surface area contributed by atoms with E-state index in [2.05, 4.69) is 16.4 Å². The number of amides is 1. The molecule has 1 saturated heterocycles. The van der Waals surface area contributed by atoms with E-state index < -0.39 is 0 Å². The van der Waals surface area contributed by atoms with Gasteiger partial charge in [0.25, 0.3) is 0 Å². The van der Waals surface area contributed by atoms with Gasteiger partial charge in [-0.2, -0.15) is 0 Å². The molecule has 3 N–H and O–H groups in total. The highest BCUT2D eigenvalue weighted by Crippen LogP contribution is 2.47. The van der Waals surface area contributed by atoms with E-state index in [0.717, 1.165) is 30.8 Å². The summed E-state index contributed by atoms with van der Waals surface area (Å²) in [7, 11) is 0. The van der Waals surface area contributed by atoms with Gasteiger partial charge in [0, 0.05) is 25.0 Å². The summed E-state index contributed by atoms with van der Waals surface area (Å²) < 4.78 is 5.06. The maximum Gasteiger partial charge on any atom is 0.409 e. The topological polar surface area (TPSA) is 80.0 Å². The van der Waals surface area contributed by atoms with Crippen LogP contribution in [0.5, 0.6) is 0 Å². The largest absolute Gasteiger partial charge is 0.450 e. The highest BCUT2D eigenvalue weighted by molar-refractivity contribution is 5.68. The number of rotatable bonds is 1. The number of ether oxygens (including phenoxy) is 1. The number of hydrogen-bond acceptors (Lipinski definition) is 5. The Morgan fingerprint density at radius 1 is 1.55 bits per heavy atom. The molecule has 0 aromatic rings. The average molecular weight is 276 g/mol. The number of carbonyl (C=O) groups excluding carboxylic acids is 1. The van der Waals surface area contributed by atoms with Gasteiger partial charge < -0.3 is 20.7 Å². The van der Waals surface area contributed by atoms with Crippen LogP contribution in [0.15, 0.2) is 28.0 Å². The Labute approximate surface area is 118 Å². The molecule has 0 atom stereocenters. The summed E-state index contributed by atoms with van der Waals surface area (Å²) in [6.45, 7) is 4.43. The van der Waals surface area contributed by atoms with E-state index in [1.807, 2.05) is 6.92 Å². The molecule has 2 heterocycles. The number of allylic oxidation sites excluding steroid dienone is 1. The van der Waals surface area contributed by atoms with Gasteiger partial charge in [0.1, 0.15) is 0 Å². The third-order valence-electron chi connectivity index (χ3n) is 4.34. The van der Waals surface area contributed by atoms with Crippen LogP contribution in [-0.4, -0.2) is 43.6 Å². The summed E-state index contributed by atoms with van der Waals surface area (Å²) in [5, 5.41) is 3.16. The molecule has 0 aromatic heterocycles. The van der Waals surface area contributed by atoms with Crippen LogP contribution in [0, 0.1) is 5.41 Å². The molecule has 1 fully saturated rings. The maximum absolute atomic E-state index is 11.8. The smallest absolute Gasteiger partial charge is 0.409 e. The van der Waals surface area contributed by atoms with Crippen molar-refractivity contribution in [3.8, 4) is 0 Å². The first kappa shape index (κ1) is 13.0. The Morgan fingerprint density at radius 2 is 2.30 bits per heavy atom. The number of fused-ring (bicyclic) bond motifs is 1. The highest BCUT2D eigenvalue weighted by Gasteiger charge is 2.43. The minimum absolute atomic E-state index is 0.0346. The van der Waals surface area contributed by atoms with E-state index in [9.17, 15) is 4.79 Å². The number of piperidine rings is 1. The molecule has 6 heteroatoms. The first-order valence-electron chi connectivity index (χ1n) is 7.06. The summed E-state index contributed by atoms with van der Waals surface area (Å²) in [4.78, 5) is 17.9. The summed E-state index contributed by atoms with van der Waals surface area (Å²) in [6, 6.07) is 0. The van der Waals surface area contributed by atoms with E-state index in [-0.39, 0.29) is 11.5 Å². The van der Waals surface area contributed by atoms with Crippen molar-refractivity contribution in [1.82, 2.24) is 10.2 Å². The monoisotopic (exact) mass is 276 g/mol. The van der Waals surface area contributed by atoms with Gasteiger partial charge in [-0.15, -0.1) is 0 Å². The Bertz CT molecular complexity index is 513. The van der Waals surface area contributed by atoms with E-state index in [0.29, 0.717) is 19.7 Å². The van der Waals surface area contributed by atoms with E-state index in [1.165, 1.54) is 5.57 Å². The first-order chi connectivity index (χ1) is 9.66. The fourth-order valence-electron chi connectivity index (χ4n) is 3.28. The van der Waals surface area contributed by atoms with Gasteiger partial charge >= 0.3 is 6.09 Å². The molecule has 1 spiro atoms. The van der Waals surface area contributed by atoms with E-state index >= 15 is 0 Å². The second kappa shape index (κ2) is 4.85. The summed E-state index contributed by atoms with van der Waals surface area (Å²) in [5.74, 6) is 0. The predicted octanol–water partition coefficient (Wildman–Crippen LogP) is 0.967. The molecule has 6 nitrogen and oxygen atoms in total. The SMILES string of the molecule is CCOC(=O)N1CCC2(C=C(N)C3=C2CNC=N3)CC1. The van der Waals surface area contributed by atoms with Crippen molar-refractivity contribution >= 4 is 12.4 Å². The lowest BCUT2D eigenvalue weighted by Gasteiger charge is -2.40. The van der Waals surface area contributed by atoms with E-state index in [1.54, 1.807) is 11.2 Å². The number of nitrogens with one attached hydrogen (secondary N) is 1. The lowest BCUT2D eigenvalue weighted by molar-refractivity contribution is 0.0867. The molecule has 0 bridgehead atoms. The van der Waals surface area contributed by atoms with Gasteiger partial charge in [-0.3, -0.25) is 0 Å². The predicted molar refractivity (Wildman–Crippen MR) is 76.1 cm³/mol. The highest BCUT2D eigenvalue weighted by atomic mass is 16.6. The van der Waals surface area contributed by atoms with Crippen molar-refractivity contribution in [2.75, 3.05) is 26.2 Å². The summed E-state index contributed by atoms with van der Waals surface area (Å²) in [5.41, 5.74) is 9.01. The van der Waals surface area contributed by atoms with Gasteiger partial charge in [-0.1, -0.05) is 0 Å². The van der Waals surface area contributed by atoms with Gasteiger partial charge in [-0.25, -0.2) is 9.79 Å². The van der Waals surface area contributed by atoms with Crippen LogP contribution in [-0.2, 0) is 4.74 Å². The molecule has 0 aromatic carbocycles. The van der Waals surface area contributed by atoms with Crippen molar-refractivity contribution in [3.63, 3.8) is 0 Å². The lowest BCUT2D eigenvalue weighted by Crippen LogP contribution is -2.44. The van der Waals surface area contributed by atoms with E-state index in [4.69, 9.17) is 10.5 Å². The molecule has 3 aliphatic rings. The number of nitrogens with two attached hydrogens (primary N) is 1. The summed E-state index contributed by atoms with van der Waals surface area (Å²) >= 11 is 0. The van der Waals surface area contributed by atoms with Gasteiger partial charge in [-0.05, 0) is 31.4 Å². The summed E-state index contributed by atoms with van der Waals surface area (Å²) in [6.07, 6.45) is 5.37. The van der Waals surface area contributed by atoms with Crippen LogP contribution in [0.4, 0.5) is 4.79 Å². The van der Waals surface area contributed by atoms with Gasteiger partial charge in [0.05, 0.1) is 24.3 Å². The molecule has 20 heavy (non-hydrogen) atoms. The minimum atomic E-state index is -0.216. The third-order valence-corrected chi connectivity index (χ3v) is 4.34. The molecule has 1 aliphatic carbocycles. The van der Waals surface area contributed by atoms with Crippen molar-refractivity contribution in [2.45, 2.75) is 19.8 Å². The second-order valence-corrected chi connectivity index (χ2v) is 5.41. The van der Waals surface area contributed by atoms with Crippen LogP contribution in [0.25, 0.3) is 0 Å². The maximum atomic E-state index is 11.8. The molecular weight excluding hydrogens is 256 g/mol. The Hall–Kier alpha value is -1.98. The number of carbonyl (C=O) groups is 1. The second-order valence-electron chi connectivity index (χ2n) is 5.41. The van der Waals surface area contributed by atoms with Crippen LogP contribution in [0.3, 0.4) is 0 Å². The first-order valence-corrected chi connectivity index (χ1v) is 7.06. The zero-order valence-electron chi connectivity index (χ0n) is 11.7. The number of aliphatic imine (C=N–C) groups is 1. The Kier molecular flexibility index (Phi) is 3.16. The Morgan fingerprint density at radius 3 is 3.00 bits per heavy atom. The number of nitrogens with zero attached hydrogens (tertiary/aromatic N) is 2. The van der Waals surface area contributed by atoms with Gasteiger partial charge in [0.2, 0.25) is 0 Å². The number of likely N-dealkylation sites (tertiary alicyclic amines) is 1. The fourth-order valence-corrected chi connectivity index (χ4v) is 3.28. The quantitative estimate of drug-likeness (QED) is 0.748. The third kappa shape index (κ3) is 1.95. The molecule has 2 aliphatic heterocycles. The number of hydrogen-bond donors (Lipinski definition) is 2. The van der Waals surface area contributed by atoms with Crippen molar-refractivity contribution in [2.24, 2.45) is 16.1 Å². The molecule has 108 valence electrons. The normalized spacial score (nSPS) is 23.4. The molecule has 1 amide bonds. The lowest BCUT2D eigenvalue weighted by atomic mass is 9.74. The zero-order valence-corrected chi connectivity index (χ0v) is 11.7. The van der Waals surface area contributed by atoms with Crippen LogP contribution in [0.1, 0.15) is 19.8 Å². The molecule has 0 radical (unpaired) electrons. The minimum Gasteiger partial charge on any atom is -0.450 e. The molecule has 0 saturated carbocycles. The van der Waals surface area contributed by atoms with Crippen molar-refractivity contribution in [1.29, 1.82) is 0 Å². The molecule has 0 unspecified atom stereocenters. The molecular formula is C14H20N4O2. The molecule has 3 rings (SSSR count). The fraction of sp³-hybridized carbons (Fsp3) is 0.571. The Balaban J connectivity index is 1.76. The standard InChI is InChI=1S/C14H20N4O2/c1-2-20-13(19)18-5-3-14(4-6-18)7-11(15)12-10(14)8-16-9-17-12/h7,9H,2-6,8,15H2,1H3,(H,16,17). The van der Waals surface area contributed by atoms with Crippen molar-refractivity contribution in [3.05, 3.63) is 23.0 Å². The van der Waals surface area contributed by atoms with Crippen molar-refractivity contribution < 1.29 is 9.53 Å². The van der Waals surface area contributed by atoms with Gasteiger partial charge in [0.15, 0.2) is 0 Å².